The summed E-state index contributed by atoms with van der Waals surface area (Å²) in [6.07, 6.45) is 6.73. The Bertz CT molecular complexity index is 363. The number of nitrogens with zero attached hydrogens (tertiary/aromatic N) is 4. The minimum atomic E-state index is 0.0189. The second-order valence-corrected chi connectivity index (χ2v) is 6.14. The summed E-state index contributed by atoms with van der Waals surface area (Å²) in [7, 11) is 0. The second kappa shape index (κ2) is 8.23. The van der Waals surface area contributed by atoms with Crippen molar-refractivity contribution in [1.82, 2.24) is 14.7 Å². The molecular weight excluding hydrogens is 264 g/mol. The van der Waals surface area contributed by atoms with Gasteiger partial charge in [-0.15, -0.1) is 0 Å². The van der Waals surface area contributed by atoms with Crippen molar-refractivity contribution >= 4 is 6.03 Å². The van der Waals surface area contributed by atoms with Crippen LogP contribution in [-0.2, 0) is 0 Å². The highest BCUT2D eigenvalue weighted by Crippen LogP contribution is 2.15. The van der Waals surface area contributed by atoms with Crippen molar-refractivity contribution in [3.05, 3.63) is 0 Å². The molecule has 0 N–H and O–H groups in total. The number of amides is 2. The van der Waals surface area contributed by atoms with Crippen LogP contribution in [-0.4, -0.2) is 66.0 Å². The summed E-state index contributed by atoms with van der Waals surface area (Å²) in [5.41, 5.74) is 0. The van der Waals surface area contributed by atoms with E-state index < -0.39 is 0 Å². The second-order valence-electron chi connectivity index (χ2n) is 6.14. The normalized spacial score (nSPS) is 22.5. The Kier molecular flexibility index (Phi) is 6.31. The van der Waals surface area contributed by atoms with Crippen LogP contribution < -0.4 is 0 Å². The monoisotopic (exact) mass is 292 g/mol. The predicted octanol–water partition coefficient (Wildman–Crippen LogP) is 2.29. The molecule has 118 valence electrons. The third kappa shape index (κ3) is 4.34. The maximum absolute atomic E-state index is 12.5. The molecule has 0 radical (unpaired) electrons. The van der Waals surface area contributed by atoms with Gasteiger partial charge in [0, 0.05) is 39.3 Å². The molecule has 2 aliphatic rings. The summed E-state index contributed by atoms with van der Waals surface area (Å²) in [5.74, 6) is 0. The molecule has 5 nitrogen and oxygen atoms in total. The van der Waals surface area contributed by atoms with E-state index in [1.807, 2.05) is 9.80 Å². The first-order chi connectivity index (χ1) is 10.3. The van der Waals surface area contributed by atoms with Crippen molar-refractivity contribution in [3.8, 4) is 6.07 Å². The van der Waals surface area contributed by atoms with Gasteiger partial charge >= 0.3 is 6.03 Å². The van der Waals surface area contributed by atoms with E-state index in [4.69, 9.17) is 0 Å². The SMILES string of the molecule is CCCC(C#N)N1CCN(C(=O)N2CCCCCC2)CC1. The topological polar surface area (TPSA) is 50.6 Å². The molecule has 0 aromatic carbocycles. The van der Waals surface area contributed by atoms with E-state index in [0.717, 1.165) is 65.0 Å². The van der Waals surface area contributed by atoms with Crippen LogP contribution in [0.1, 0.15) is 45.4 Å². The Balaban J connectivity index is 1.82. The average Bonchev–Trinajstić information content (AvgIpc) is 2.81. The Morgan fingerprint density at radius 3 is 2.10 bits per heavy atom. The molecule has 0 spiro atoms. The minimum absolute atomic E-state index is 0.0189. The number of nitriles is 1. The Labute approximate surface area is 128 Å². The molecule has 2 aliphatic heterocycles. The molecule has 0 bridgehead atoms. The number of piperazine rings is 1. The van der Waals surface area contributed by atoms with Gasteiger partial charge in [-0.05, 0) is 19.3 Å². The van der Waals surface area contributed by atoms with Crippen molar-refractivity contribution in [2.45, 2.75) is 51.5 Å². The highest BCUT2D eigenvalue weighted by Gasteiger charge is 2.28. The van der Waals surface area contributed by atoms with Crippen molar-refractivity contribution in [2.75, 3.05) is 39.3 Å². The minimum Gasteiger partial charge on any atom is -0.325 e. The van der Waals surface area contributed by atoms with Crippen LogP contribution in [0.2, 0.25) is 0 Å². The zero-order valence-electron chi connectivity index (χ0n) is 13.3. The standard InChI is InChI=1S/C16H28N4O/c1-2-7-15(14-17)18-10-12-20(13-11-18)16(21)19-8-5-3-4-6-9-19/h15H,2-13H2,1H3. The van der Waals surface area contributed by atoms with Gasteiger partial charge in [-0.3, -0.25) is 4.90 Å². The molecule has 2 fully saturated rings. The van der Waals surface area contributed by atoms with Crippen LogP contribution in [0.5, 0.6) is 0 Å². The lowest BCUT2D eigenvalue weighted by Gasteiger charge is -2.39. The Hall–Kier alpha value is -1.28. The third-order valence-corrected chi connectivity index (χ3v) is 4.61. The molecule has 0 aromatic heterocycles. The highest BCUT2D eigenvalue weighted by molar-refractivity contribution is 5.74. The number of carbonyl (C=O) groups is 1. The van der Waals surface area contributed by atoms with Gasteiger partial charge in [0.15, 0.2) is 0 Å². The zero-order valence-corrected chi connectivity index (χ0v) is 13.3. The third-order valence-electron chi connectivity index (χ3n) is 4.61. The first kappa shape index (κ1) is 16.1. The summed E-state index contributed by atoms with van der Waals surface area (Å²) >= 11 is 0. The van der Waals surface area contributed by atoms with Gasteiger partial charge in [0.1, 0.15) is 0 Å². The van der Waals surface area contributed by atoms with Gasteiger partial charge in [0.2, 0.25) is 0 Å². The van der Waals surface area contributed by atoms with E-state index in [-0.39, 0.29) is 12.1 Å². The van der Waals surface area contributed by atoms with Crippen LogP contribution in [0.4, 0.5) is 4.79 Å². The summed E-state index contributed by atoms with van der Waals surface area (Å²) < 4.78 is 0. The molecule has 5 heteroatoms. The van der Waals surface area contributed by atoms with E-state index in [2.05, 4.69) is 17.9 Å². The lowest BCUT2D eigenvalue weighted by molar-refractivity contribution is 0.101. The van der Waals surface area contributed by atoms with Gasteiger partial charge in [0.25, 0.3) is 0 Å². The number of hydrogen-bond acceptors (Lipinski definition) is 3. The summed E-state index contributed by atoms with van der Waals surface area (Å²) in [4.78, 5) is 18.8. The number of hydrogen-bond donors (Lipinski definition) is 0. The van der Waals surface area contributed by atoms with E-state index >= 15 is 0 Å². The molecule has 2 rings (SSSR count). The maximum Gasteiger partial charge on any atom is 0.320 e. The van der Waals surface area contributed by atoms with Gasteiger partial charge < -0.3 is 9.80 Å². The summed E-state index contributed by atoms with van der Waals surface area (Å²) in [6, 6.07) is 2.63. The first-order valence-corrected chi connectivity index (χ1v) is 8.43. The fourth-order valence-corrected chi connectivity index (χ4v) is 3.29. The molecule has 1 atom stereocenters. The maximum atomic E-state index is 12.5. The van der Waals surface area contributed by atoms with Crippen molar-refractivity contribution in [1.29, 1.82) is 5.26 Å². The van der Waals surface area contributed by atoms with Crippen LogP contribution in [0, 0.1) is 11.3 Å². The quantitative estimate of drug-likeness (QED) is 0.802. The smallest absolute Gasteiger partial charge is 0.320 e. The van der Waals surface area contributed by atoms with E-state index in [1.165, 1.54) is 12.8 Å². The number of urea groups is 1. The predicted molar refractivity (Wildman–Crippen MR) is 82.9 cm³/mol. The molecule has 2 amide bonds. The molecule has 0 aromatic rings. The number of likely N-dealkylation sites (tertiary alicyclic amines) is 1. The summed E-state index contributed by atoms with van der Waals surface area (Å²) in [6.45, 7) is 7.12. The average molecular weight is 292 g/mol. The van der Waals surface area contributed by atoms with Crippen LogP contribution in [0.15, 0.2) is 0 Å². The first-order valence-electron chi connectivity index (χ1n) is 8.43. The number of rotatable bonds is 3. The Morgan fingerprint density at radius 2 is 1.57 bits per heavy atom. The molecule has 2 saturated heterocycles. The van der Waals surface area contributed by atoms with Crippen molar-refractivity contribution < 1.29 is 4.79 Å². The number of carbonyl (C=O) groups excluding carboxylic acids is 1. The van der Waals surface area contributed by atoms with Gasteiger partial charge in [-0.2, -0.15) is 5.26 Å². The van der Waals surface area contributed by atoms with E-state index in [1.54, 1.807) is 0 Å². The fourth-order valence-electron chi connectivity index (χ4n) is 3.29. The van der Waals surface area contributed by atoms with Crippen LogP contribution in [0.25, 0.3) is 0 Å². The largest absolute Gasteiger partial charge is 0.325 e. The Morgan fingerprint density at radius 1 is 1.00 bits per heavy atom. The molecule has 0 saturated carbocycles. The van der Waals surface area contributed by atoms with E-state index in [0.29, 0.717) is 0 Å². The highest BCUT2D eigenvalue weighted by atomic mass is 16.2. The van der Waals surface area contributed by atoms with Crippen LogP contribution in [0.3, 0.4) is 0 Å². The summed E-state index contributed by atoms with van der Waals surface area (Å²) in [5, 5.41) is 9.24. The molecule has 2 heterocycles. The lowest BCUT2D eigenvalue weighted by atomic mass is 10.1. The fraction of sp³-hybridized carbons (Fsp3) is 0.875. The van der Waals surface area contributed by atoms with Gasteiger partial charge in [-0.1, -0.05) is 26.2 Å². The van der Waals surface area contributed by atoms with Gasteiger partial charge in [0.05, 0.1) is 12.1 Å². The van der Waals surface area contributed by atoms with Crippen molar-refractivity contribution in [2.24, 2.45) is 0 Å². The molecule has 0 aliphatic carbocycles. The van der Waals surface area contributed by atoms with Gasteiger partial charge in [-0.25, -0.2) is 4.79 Å². The molecular formula is C16H28N4O. The van der Waals surface area contributed by atoms with Crippen LogP contribution >= 0.6 is 0 Å². The molecule has 1 unspecified atom stereocenters. The van der Waals surface area contributed by atoms with E-state index in [9.17, 15) is 10.1 Å². The molecule has 21 heavy (non-hydrogen) atoms. The zero-order chi connectivity index (χ0) is 15.1. The van der Waals surface area contributed by atoms with Crippen molar-refractivity contribution in [3.63, 3.8) is 0 Å². The lowest BCUT2D eigenvalue weighted by Crippen LogP contribution is -2.54.